The highest BCUT2D eigenvalue weighted by Gasteiger charge is 2.31. The molecule has 1 atom stereocenters. The van der Waals surface area contributed by atoms with Crippen molar-refractivity contribution in [3.8, 4) is 0 Å². The van der Waals surface area contributed by atoms with Gasteiger partial charge in [0.15, 0.2) is 0 Å². The van der Waals surface area contributed by atoms with Crippen LogP contribution < -0.4 is 5.32 Å². The zero-order valence-corrected chi connectivity index (χ0v) is 19.6. The van der Waals surface area contributed by atoms with Gasteiger partial charge in [-0.3, -0.25) is 9.59 Å². The molecule has 172 valence electrons. The van der Waals surface area contributed by atoms with E-state index in [0.717, 1.165) is 16.7 Å². The van der Waals surface area contributed by atoms with Gasteiger partial charge >= 0.3 is 0 Å². The second-order valence-electron chi connectivity index (χ2n) is 7.99. The number of hydrogen-bond acceptors (Lipinski definition) is 2. The summed E-state index contributed by atoms with van der Waals surface area (Å²) in [5.74, 6) is -1.15. The first-order valence-electron chi connectivity index (χ1n) is 11.0. The lowest BCUT2D eigenvalue weighted by molar-refractivity contribution is -0.140. The topological polar surface area (TPSA) is 49.4 Å². The Kier molecular flexibility index (Phi) is 8.61. The zero-order valence-electron chi connectivity index (χ0n) is 18.9. The molecule has 0 spiro atoms. The molecule has 4 nitrogen and oxygen atoms in total. The van der Waals surface area contributed by atoms with Crippen molar-refractivity contribution in [1.29, 1.82) is 0 Å². The average molecular weight is 467 g/mol. The Morgan fingerprint density at radius 1 is 1.00 bits per heavy atom. The van der Waals surface area contributed by atoms with Gasteiger partial charge in [0.05, 0.1) is 6.42 Å². The van der Waals surface area contributed by atoms with Gasteiger partial charge in [-0.2, -0.15) is 0 Å². The van der Waals surface area contributed by atoms with Crippen LogP contribution in [0.5, 0.6) is 0 Å². The number of carbonyl (C=O) groups excluding carboxylic acids is 2. The molecule has 3 aromatic carbocycles. The summed E-state index contributed by atoms with van der Waals surface area (Å²) in [6, 6.07) is 20.9. The molecule has 33 heavy (non-hydrogen) atoms. The van der Waals surface area contributed by atoms with Gasteiger partial charge in [0.2, 0.25) is 11.8 Å². The standard InChI is InChI=1S/C27H28ClFN2O2/c1-3-30-27(33)25(16-20-10-5-4-6-11-20)31(18-21-12-7-9-19(2)15-21)26(32)17-22-23(28)13-8-14-24(22)29/h4-15,25H,3,16-18H2,1-2H3,(H,30,33)/t25-/m0/s1. The maximum atomic E-state index is 14.4. The minimum absolute atomic E-state index is 0.132. The minimum Gasteiger partial charge on any atom is -0.355 e. The van der Waals surface area contributed by atoms with Crippen molar-refractivity contribution in [2.75, 3.05) is 6.54 Å². The first-order chi connectivity index (χ1) is 15.9. The van der Waals surface area contributed by atoms with Gasteiger partial charge in [0.25, 0.3) is 0 Å². The van der Waals surface area contributed by atoms with E-state index < -0.39 is 11.9 Å². The van der Waals surface area contributed by atoms with Crippen LogP contribution in [-0.2, 0) is 29.0 Å². The largest absolute Gasteiger partial charge is 0.355 e. The first-order valence-corrected chi connectivity index (χ1v) is 11.4. The fraction of sp³-hybridized carbons (Fsp3) is 0.259. The maximum Gasteiger partial charge on any atom is 0.243 e. The highest BCUT2D eigenvalue weighted by atomic mass is 35.5. The van der Waals surface area contributed by atoms with E-state index in [4.69, 9.17) is 11.6 Å². The smallest absolute Gasteiger partial charge is 0.243 e. The van der Waals surface area contributed by atoms with Crippen molar-refractivity contribution in [3.05, 3.63) is 106 Å². The summed E-state index contributed by atoms with van der Waals surface area (Å²) >= 11 is 6.19. The molecular weight excluding hydrogens is 439 g/mol. The van der Waals surface area contributed by atoms with E-state index in [1.54, 1.807) is 6.07 Å². The molecular formula is C27H28ClFN2O2. The van der Waals surface area contributed by atoms with E-state index in [0.29, 0.717) is 13.0 Å². The molecule has 0 saturated carbocycles. The zero-order chi connectivity index (χ0) is 23.8. The number of nitrogens with one attached hydrogen (secondary N) is 1. The summed E-state index contributed by atoms with van der Waals surface area (Å²) in [5.41, 5.74) is 3.01. The monoisotopic (exact) mass is 466 g/mol. The molecule has 0 unspecified atom stereocenters. The van der Waals surface area contributed by atoms with Crippen molar-refractivity contribution in [2.24, 2.45) is 0 Å². The van der Waals surface area contributed by atoms with E-state index in [1.165, 1.54) is 17.0 Å². The number of nitrogens with zero attached hydrogens (tertiary/aromatic N) is 1. The Bertz CT molecular complexity index is 1080. The van der Waals surface area contributed by atoms with Crippen LogP contribution in [0, 0.1) is 12.7 Å². The van der Waals surface area contributed by atoms with Crippen LogP contribution in [-0.4, -0.2) is 29.3 Å². The quantitative estimate of drug-likeness (QED) is 0.476. The number of amides is 2. The molecule has 0 heterocycles. The third-order valence-corrected chi connectivity index (χ3v) is 5.80. The summed E-state index contributed by atoms with van der Waals surface area (Å²) in [7, 11) is 0. The molecule has 0 aliphatic heterocycles. The molecule has 3 rings (SSSR count). The number of aryl methyl sites for hydroxylation is 1. The Balaban J connectivity index is 1.99. The second kappa shape index (κ2) is 11.6. The van der Waals surface area contributed by atoms with Crippen LogP contribution in [0.3, 0.4) is 0 Å². The van der Waals surface area contributed by atoms with Gasteiger partial charge < -0.3 is 10.2 Å². The van der Waals surface area contributed by atoms with Crippen molar-refractivity contribution in [3.63, 3.8) is 0 Å². The Labute approximate surface area is 199 Å². The van der Waals surface area contributed by atoms with E-state index in [-0.39, 0.29) is 35.4 Å². The van der Waals surface area contributed by atoms with Crippen LogP contribution >= 0.6 is 11.6 Å². The summed E-state index contributed by atoms with van der Waals surface area (Å²) in [6.07, 6.45) is 0.108. The molecule has 2 amide bonds. The van der Waals surface area contributed by atoms with Crippen molar-refractivity contribution in [1.82, 2.24) is 10.2 Å². The average Bonchev–Trinajstić information content (AvgIpc) is 2.79. The fourth-order valence-electron chi connectivity index (χ4n) is 3.81. The molecule has 0 fully saturated rings. The van der Waals surface area contributed by atoms with Crippen LogP contribution in [0.1, 0.15) is 29.2 Å². The number of rotatable bonds is 9. The van der Waals surface area contributed by atoms with Crippen molar-refractivity contribution < 1.29 is 14.0 Å². The van der Waals surface area contributed by atoms with E-state index in [1.807, 2.05) is 68.4 Å². The van der Waals surface area contributed by atoms with Gasteiger partial charge in [-0.15, -0.1) is 0 Å². The highest BCUT2D eigenvalue weighted by Crippen LogP contribution is 2.22. The molecule has 0 aliphatic carbocycles. The molecule has 6 heteroatoms. The summed E-state index contributed by atoms with van der Waals surface area (Å²) in [5, 5.41) is 3.04. The molecule has 0 bridgehead atoms. The predicted molar refractivity (Wildman–Crippen MR) is 129 cm³/mol. The van der Waals surface area contributed by atoms with E-state index in [9.17, 15) is 14.0 Å². The maximum absolute atomic E-state index is 14.4. The normalized spacial score (nSPS) is 11.6. The Morgan fingerprint density at radius 2 is 1.70 bits per heavy atom. The number of carbonyl (C=O) groups is 2. The van der Waals surface area contributed by atoms with Crippen LogP contribution in [0.25, 0.3) is 0 Å². The third kappa shape index (κ3) is 6.65. The SMILES string of the molecule is CCNC(=O)[C@H](Cc1ccccc1)N(Cc1cccc(C)c1)C(=O)Cc1c(F)cccc1Cl. The fourth-order valence-corrected chi connectivity index (χ4v) is 4.04. The lowest BCUT2D eigenvalue weighted by atomic mass is 10.0. The van der Waals surface area contributed by atoms with Gasteiger partial charge in [-0.1, -0.05) is 77.8 Å². The van der Waals surface area contributed by atoms with Gasteiger partial charge in [0, 0.05) is 30.1 Å². The molecule has 0 radical (unpaired) electrons. The second-order valence-corrected chi connectivity index (χ2v) is 8.39. The molecule has 0 aliphatic rings. The molecule has 0 saturated heterocycles. The lowest BCUT2D eigenvalue weighted by Gasteiger charge is -2.32. The summed E-state index contributed by atoms with van der Waals surface area (Å²) in [6.45, 7) is 4.47. The number of likely N-dealkylation sites (N-methyl/N-ethyl adjacent to an activating group) is 1. The highest BCUT2D eigenvalue weighted by molar-refractivity contribution is 6.31. The van der Waals surface area contributed by atoms with Gasteiger partial charge in [-0.25, -0.2) is 4.39 Å². The van der Waals surface area contributed by atoms with E-state index >= 15 is 0 Å². The number of hydrogen-bond donors (Lipinski definition) is 1. The number of benzene rings is 3. The van der Waals surface area contributed by atoms with Crippen LogP contribution in [0.15, 0.2) is 72.8 Å². The predicted octanol–water partition coefficient (Wildman–Crippen LogP) is 5.11. The van der Waals surface area contributed by atoms with E-state index in [2.05, 4.69) is 5.32 Å². The summed E-state index contributed by atoms with van der Waals surface area (Å²) < 4.78 is 14.4. The van der Waals surface area contributed by atoms with Gasteiger partial charge in [-0.05, 0) is 37.1 Å². The third-order valence-electron chi connectivity index (χ3n) is 5.45. The minimum atomic E-state index is -0.758. The number of halogens is 2. The molecule has 0 aromatic heterocycles. The Morgan fingerprint density at radius 3 is 2.36 bits per heavy atom. The molecule has 1 N–H and O–H groups in total. The lowest BCUT2D eigenvalue weighted by Crippen LogP contribution is -2.51. The molecule has 3 aromatic rings. The van der Waals surface area contributed by atoms with Crippen molar-refractivity contribution in [2.45, 2.75) is 39.3 Å². The van der Waals surface area contributed by atoms with Crippen molar-refractivity contribution >= 4 is 23.4 Å². The Hall–Kier alpha value is -3.18. The first kappa shape index (κ1) is 24.5. The van der Waals surface area contributed by atoms with Crippen LogP contribution in [0.4, 0.5) is 4.39 Å². The summed E-state index contributed by atoms with van der Waals surface area (Å²) in [4.78, 5) is 28.2. The van der Waals surface area contributed by atoms with Crippen LogP contribution in [0.2, 0.25) is 5.02 Å². The van der Waals surface area contributed by atoms with Gasteiger partial charge in [0.1, 0.15) is 11.9 Å².